The number of nitrogen functional groups attached to an aromatic ring is 1. The summed E-state index contributed by atoms with van der Waals surface area (Å²) in [6.07, 6.45) is 5.73. The first-order valence-corrected chi connectivity index (χ1v) is 4.65. The summed E-state index contributed by atoms with van der Waals surface area (Å²) in [5, 5.41) is 0. The van der Waals surface area contributed by atoms with Crippen LogP contribution in [0.3, 0.4) is 0 Å². The number of hydrogen-bond acceptors (Lipinski definition) is 4. The maximum Gasteiger partial charge on any atom is 0.155 e. The first-order chi connectivity index (χ1) is 6.33. The topological polar surface area (TPSA) is 55.0 Å². The highest BCUT2D eigenvalue weighted by Gasteiger charge is 2.29. The molecule has 0 spiro atoms. The molecular weight excluding hydrogens is 164 g/mol. The van der Waals surface area contributed by atoms with Crippen molar-refractivity contribution in [3.05, 3.63) is 12.5 Å². The molecule has 0 aromatic carbocycles. The standard InChI is InChI=1S/C9H14N4/c1-2-13(7-3-4-7)9-8(10)5-11-6-12-9/h5-7H,2-4,10H2,1H3. The van der Waals surface area contributed by atoms with Crippen molar-refractivity contribution >= 4 is 11.5 Å². The van der Waals surface area contributed by atoms with Crippen LogP contribution in [0.5, 0.6) is 0 Å². The van der Waals surface area contributed by atoms with Crippen LogP contribution in [0.2, 0.25) is 0 Å². The molecule has 0 saturated heterocycles. The third-order valence-corrected chi connectivity index (χ3v) is 2.32. The van der Waals surface area contributed by atoms with Gasteiger partial charge in [-0.15, -0.1) is 0 Å². The molecule has 2 rings (SSSR count). The number of nitrogens with zero attached hydrogens (tertiary/aromatic N) is 3. The van der Waals surface area contributed by atoms with E-state index in [0.717, 1.165) is 12.4 Å². The van der Waals surface area contributed by atoms with Gasteiger partial charge in [0.25, 0.3) is 0 Å². The number of aromatic nitrogens is 2. The van der Waals surface area contributed by atoms with Gasteiger partial charge in [0.2, 0.25) is 0 Å². The van der Waals surface area contributed by atoms with Gasteiger partial charge in [0.05, 0.1) is 11.9 Å². The average Bonchev–Trinajstić information content (AvgIpc) is 2.93. The summed E-state index contributed by atoms with van der Waals surface area (Å²) in [6, 6.07) is 0.655. The summed E-state index contributed by atoms with van der Waals surface area (Å²) in [5.41, 5.74) is 6.47. The van der Waals surface area contributed by atoms with Crippen LogP contribution >= 0.6 is 0 Å². The summed E-state index contributed by atoms with van der Waals surface area (Å²) < 4.78 is 0. The molecule has 1 aromatic heterocycles. The van der Waals surface area contributed by atoms with E-state index in [2.05, 4.69) is 21.8 Å². The van der Waals surface area contributed by atoms with Crippen LogP contribution in [0.25, 0.3) is 0 Å². The fraction of sp³-hybridized carbons (Fsp3) is 0.556. The summed E-state index contributed by atoms with van der Waals surface area (Å²) in [6.45, 7) is 3.09. The van der Waals surface area contributed by atoms with Crippen molar-refractivity contribution in [3.8, 4) is 0 Å². The first-order valence-electron chi connectivity index (χ1n) is 4.65. The summed E-state index contributed by atoms with van der Waals surface area (Å²) in [4.78, 5) is 10.3. The van der Waals surface area contributed by atoms with Gasteiger partial charge in [-0.3, -0.25) is 0 Å². The Labute approximate surface area is 77.8 Å². The van der Waals surface area contributed by atoms with Gasteiger partial charge in [-0.25, -0.2) is 9.97 Å². The van der Waals surface area contributed by atoms with Gasteiger partial charge in [0.15, 0.2) is 5.82 Å². The van der Waals surface area contributed by atoms with E-state index in [0.29, 0.717) is 11.7 Å². The normalized spacial score (nSPS) is 15.8. The lowest BCUT2D eigenvalue weighted by atomic mass is 10.4. The predicted octanol–water partition coefficient (Wildman–Crippen LogP) is 1.05. The molecular formula is C9H14N4. The van der Waals surface area contributed by atoms with Crippen molar-refractivity contribution in [1.29, 1.82) is 0 Å². The molecule has 0 amide bonds. The molecule has 4 nitrogen and oxygen atoms in total. The van der Waals surface area contributed by atoms with E-state index >= 15 is 0 Å². The van der Waals surface area contributed by atoms with E-state index in [1.807, 2.05) is 0 Å². The minimum absolute atomic E-state index is 0.655. The van der Waals surface area contributed by atoms with Crippen LogP contribution in [-0.2, 0) is 0 Å². The van der Waals surface area contributed by atoms with Gasteiger partial charge >= 0.3 is 0 Å². The van der Waals surface area contributed by atoms with Gasteiger partial charge in [0, 0.05) is 12.6 Å². The van der Waals surface area contributed by atoms with Crippen LogP contribution in [0.1, 0.15) is 19.8 Å². The second-order valence-corrected chi connectivity index (χ2v) is 3.32. The third kappa shape index (κ3) is 1.56. The molecule has 0 bridgehead atoms. The molecule has 1 saturated carbocycles. The monoisotopic (exact) mass is 178 g/mol. The van der Waals surface area contributed by atoms with Crippen LogP contribution in [-0.4, -0.2) is 22.6 Å². The predicted molar refractivity (Wildman–Crippen MR) is 52.5 cm³/mol. The van der Waals surface area contributed by atoms with E-state index in [-0.39, 0.29) is 0 Å². The Balaban J connectivity index is 2.26. The van der Waals surface area contributed by atoms with Crippen LogP contribution in [0.4, 0.5) is 11.5 Å². The minimum Gasteiger partial charge on any atom is -0.394 e. The average molecular weight is 178 g/mol. The smallest absolute Gasteiger partial charge is 0.155 e. The van der Waals surface area contributed by atoms with Crippen LogP contribution in [0, 0.1) is 0 Å². The molecule has 70 valence electrons. The summed E-state index contributed by atoms with van der Waals surface area (Å²) in [7, 11) is 0. The van der Waals surface area contributed by atoms with Gasteiger partial charge in [0.1, 0.15) is 6.33 Å². The van der Waals surface area contributed by atoms with Crippen molar-refractivity contribution < 1.29 is 0 Å². The molecule has 2 N–H and O–H groups in total. The van der Waals surface area contributed by atoms with Crippen molar-refractivity contribution in [3.63, 3.8) is 0 Å². The molecule has 13 heavy (non-hydrogen) atoms. The highest BCUT2D eigenvalue weighted by Crippen LogP contribution is 2.32. The van der Waals surface area contributed by atoms with Gasteiger partial charge < -0.3 is 10.6 Å². The largest absolute Gasteiger partial charge is 0.394 e. The lowest BCUT2D eigenvalue weighted by molar-refractivity contribution is 0.807. The zero-order valence-electron chi connectivity index (χ0n) is 7.77. The molecule has 1 heterocycles. The van der Waals surface area contributed by atoms with Gasteiger partial charge in [-0.05, 0) is 19.8 Å². The minimum atomic E-state index is 0.655. The molecule has 0 unspecified atom stereocenters. The Morgan fingerprint density at radius 2 is 2.38 bits per heavy atom. The third-order valence-electron chi connectivity index (χ3n) is 2.32. The van der Waals surface area contributed by atoms with E-state index in [4.69, 9.17) is 5.73 Å². The lowest BCUT2D eigenvalue weighted by Gasteiger charge is -2.22. The number of hydrogen-bond donors (Lipinski definition) is 1. The van der Waals surface area contributed by atoms with Gasteiger partial charge in [-0.1, -0.05) is 0 Å². The molecule has 1 aliphatic rings. The molecule has 0 aliphatic heterocycles. The second kappa shape index (κ2) is 3.20. The van der Waals surface area contributed by atoms with Crippen molar-refractivity contribution in [2.75, 3.05) is 17.2 Å². The fourth-order valence-electron chi connectivity index (χ4n) is 1.54. The maximum absolute atomic E-state index is 5.80. The van der Waals surface area contributed by atoms with E-state index in [9.17, 15) is 0 Å². The number of rotatable bonds is 3. The Morgan fingerprint density at radius 3 is 2.92 bits per heavy atom. The van der Waals surface area contributed by atoms with E-state index in [1.165, 1.54) is 12.8 Å². The molecule has 0 atom stereocenters. The van der Waals surface area contributed by atoms with E-state index in [1.54, 1.807) is 12.5 Å². The zero-order chi connectivity index (χ0) is 9.26. The van der Waals surface area contributed by atoms with Crippen LogP contribution in [0.15, 0.2) is 12.5 Å². The van der Waals surface area contributed by atoms with Crippen molar-refractivity contribution in [2.45, 2.75) is 25.8 Å². The molecule has 1 fully saturated rings. The Kier molecular flexibility index (Phi) is 2.04. The van der Waals surface area contributed by atoms with Gasteiger partial charge in [-0.2, -0.15) is 0 Å². The maximum atomic E-state index is 5.80. The van der Waals surface area contributed by atoms with Crippen molar-refractivity contribution in [1.82, 2.24) is 9.97 Å². The van der Waals surface area contributed by atoms with Crippen LogP contribution < -0.4 is 10.6 Å². The zero-order valence-corrected chi connectivity index (χ0v) is 7.77. The SMILES string of the molecule is CCN(c1ncncc1N)C1CC1. The number of nitrogens with two attached hydrogens (primary N) is 1. The Morgan fingerprint density at radius 1 is 1.62 bits per heavy atom. The summed E-state index contributed by atoms with van der Waals surface area (Å²) in [5.74, 6) is 0.889. The van der Waals surface area contributed by atoms with E-state index < -0.39 is 0 Å². The first kappa shape index (κ1) is 8.29. The second-order valence-electron chi connectivity index (χ2n) is 3.32. The van der Waals surface area contributed by atoms with Crippen molar-refractivity contribution in [2.24, 2.45) is 0 Å². The number of anilines is 2. The molecule has 1 aliphatic carbocycles. The molecule has 4 heteroatoms. The molecule has 1 aromatic rings. The highest BCUT2D eigenvalue weighted by atomic mass is 15.2. The lowest BCUT2D eigenvalue weighted by Crippen LogP contribution is -2.27. The quantitative estimate of drug-likeness (QED) is 0.751. The Hall–Kier alpha value is -1.32. The summed E-state index contributed by atoms with van der Waals surface area (Å²) >= 11 is 0. The Bertz CT molecular complexity index is 295. The molecule has 0 radical (unpaired) electrons. The fourth-order valence-corrected chi connectivity index (χ4v) is 1.54. The highest BCUT2D eigenvalue weighted by molar-refractivity contribution is 5.61.